The molecule has 0 unspecified atom stereocenters. The van der Waals surface area contributed by atoms with Crippen LogP contribution in [0.25, 0.3) is 11.3 Å². The Balaban J connectivity index is 1.90. The van der Waals surface area contributed by atoms with Crippen molar-refractivity contribution in [2.75, 3.05) is 0 Å². The fraction of sp³-hybridized carbons (Fsp3) is 0.645. The first-order valence-corrected chi connectivity index (χ1v) is 17.0. The molecule has 1 aliphatic carbocycles. The zero-order valence-corrected chi connectivity index (χ0v) is 25.8. The SMILES string of the molecule is CCC(CC)[C@@H]1C[C@H](O[Si](C)(C)C(C)(C)C)[C@@]2(C)Oc3cc(-c4cccnc4)oc(=O)c3C(=O)[C@@H]2C1(C)C. The number of rotatable bonds is 6. The molecular weight excluding hydrogens is 494 g/mol. The van der Waals surface area contributed by atoms with Crippen molar-refractivity contribution in [2.45, 2.75) is 104 Å². The standard InChI is InChI=1S/C31H45NO5Si/c1-11-19(12-2)21-16-24(37-38(9,10)29(3,4)5)31(8)27(30(21,6)7)26(33)25-23(36-31)17-22(35-28(25)34)20-14-13-15-32-18-20/h13-15,17-19,21,24,27H,11-12,16H2,1-10H3/t21-,24-,27+,31+/m0/s1. The van der Waals surface area contributed by atoms with Gasteiger partial charge in [0, 0.05) is 24.0 Å². The number of Topliss-reactive ketones (excluding diaryl/α,β-unsaturated/α-hetero) is 1. The summed E-state index contributed by atoms with van der Waals surface area (Å²) in [5.74, 6) is 0.585. The van der Waals surface area contributed by atoms with E-state index in [1.54, 1.807) is 24.5 Å². The van der Waals surface area contributed by atoms with E-state index >= 15 is 0 Å². The minimum Gasteiger partial charge on any atom is -0.483 e. The van der Waals surface area contributed by atoms with E-state index in [9.17, 15) is 9.59 Å². The molecule has 1 saturated carbocycles. The molecule has 2 aliphatic rings. The number of hydrogen-bond acceptors (Lipinski definition) is 6. The lowest BCUT2D eigenvalue weighted by Gasteiger charge is -2.60. The Kier molecular flexibility index (Phi) is 7.37. The van der Waals surface area contributed by atoms with E-state index in [1.165, 1.54) is 0 Å². The summed E-state index contributed by atoms with van der Waals surface area (Å²) in [6.45, 7) is 22.1. The van der Waals surface area contributed by atoms with Gasteiger partial charge in [-0.1, -0.05) is 61.3 Å². The summed E-state index contributed by atoms with van der Waals surface area (Å²) in [7, 11) is -2.21. The third kappa shape index (κ3) is 4.59. The molecule has 38 heavy (non-hydrogen) atoms. The molecule has 7 heteroatoms. The largest absolute Gasteiger partial charge is 0.483 e. The van der Waals surface area contributed by atoms with Crippen LogP contribution in [0, 0.1) is 23.2 Å². The molecule has 0 radical (unpaired) electrons. The molecule has 0 spiro atoms. The Morgan fingerprint density at radius 2 is 1.82 bits per heavy atom. The van der Waals surface area contributed by atoms with Gasteiger partial charge in [0.05, 0.1) is 12.0 Å². The van der Waals surface area contributed by atoms with Crippen molar-refractivity contribution < 1.29 is 18.4 Å². The number of carbonyl (C=O) groups excluding carboxylic acids is 1. The van der Waals surface area contributed by atoms with Gasteiger partial charge in [0.25, 0.3) is 0 Å². The lowest BCUT2D eigenvalue weighted by Crippen LogP contribution is -2.69. The van der Waals surface area contributed by atoms with Crippen LogP contribution < -0.4 is 10.4 Å². The quantitative estimate of drug-likeness (QED) is 0.353. The molecule has 0 amide bonds. The van der Waals surface area contributed by atoms with E-state index in [1.807, 2.05) is 13.0 Å². The van der Waals surface area contributed by atoms with Gasteiger partial charge in [0.2, 0.25) is 0 Å². The first kappa shape index (κ1) is 28.7. The second-order valence-electron chi connectivity index (χ2n) is 13.6. The highest BCUT2D eigenvalue weighted by atomic mass is 28.4. The lowest BCUT2D eigenvalue weighted by atomic mass is 9.50. The van der Waals surface area contributed by atoms with Gasteiger partial charge in [0.1, 0.15) is 22.7 Å². The van der Waals surface area contributed by atoms with Crippen LogP contribution in [0.2, 0.25) is 18.1 Å². The topological polar surface area (TPSA) is 78.6 Å². The van der Waals surface area contributed by atoms with Crippen LogP contribution in [0.4, 0.5) is 0 Å². The number of ketones is 1. The molecule has 1 fully saturated rings. The molecular formula is C31H45NO5Si. The summed E-state index contributed by atoms with van der Waals surface area (Å²) in [5, 5.41) is 0.00135. The van der Waals surface area contributed by atoms with Gasteiger partial charge < -0.3 is 13.6 Å². The summed E-state index contributed by atoms with van der Waals surface area (Å²) < 4.78 is 19.6. The van der Waals surface area contributed by atoms with Crippen molar-refractivity contribution >= 4 is 14.1 Å². The number of hydrogen-bond donors (Lipinski definition) is 0. The molecule has 4 atom stereocenters. The average Bonchev–Trinajstić information content (AvgIpc) is 2.81. The second-order valence-corrected chi connectivity index (χ2v) is 18.3. The number of pyridine rings is 1. The molecule has 1 aliphatic heterocycles. The van der Waals surface area contributed by atoms with E-state index in [-0.39, 0.29) is 34.2 Å². The summed E-state index contributed by atoms with van der Waals surface area (Å²) in [6, 6.07) is 5.28. The summed E-state index contributed by atoms with van der Waals surface area (Å²) in [4.78, 5) is 31.9. The number of carbonyl (C=O) groups is 1. The summed E-state index contributed by atoms with van der Waals surface area (Å²) >= 11 is 0. The molecule has 0 bridgehead atoms. The van der Waals surface area contributed by atoms with Gasteiger partial charge in [0.15, 0.2) is 14.1 Å². The minimum absolute atomic E-state index is 0.00135. The maximum Gasteiger partial charge on any atom is 0.351 e. The number of aromatic nitrogens is 1. The van der Waals surface area contributed by atoms with Crippen LogP contribution in [0.15, 0.2) is 39.8 Å². The summed E-state index contributed by atoms with van der Waals surface area (Å²) in [5.41, 5.74) is -1.31. The first-order valence-electron chi connectivity index (χ1n) is 14.1. The van der Waals surface area contributed by atoms with Crippen molar-refractivity contribution in [1.29, 1.82) is 0 Å². The second kappa shape index (κ2) is 9.74. The molecule has 3 heterocycles. The highest BCUT2D eigenvalue weighted by Gasteiger charge is 2.65. The molecule has 0 aromatic carbocycles. The van der Waals surface area contributed by atoms with E-state index in [2.05, 4.69) is 66.5 Å². The van der Waals surface area contributed by atoms with Gasteiger partial charge in [-0.05, 0) is 60.9 Å². The van der Waals surface area contributed by atoms with E-state index in [4.69, 9.17) is 13.6 Å². The van der Waals surface area contributed by atoms with Gasteiger partial charge >= 0.3 is 5.63 Å². The van der Waals surface area contributed by atoms with Gasteiger partial charge in [-0.2, -0.15) is 0 Å². The number of nitrogens with zero attached hydrogens (tertiary/aromatic N) is 1. The third-order valence-electron chi connectivity index (χ3n) is 9.94. The predicted octanol–water partition coefficient (Wildman–Crippen LogP) is 7.52. The highest BCUT2D eigenvalue weighted by Crippen LogP contribution is 2.59. The maximum atomic E-state index is 14.4. The molecule has 0 N–H and O–H groups in total. The smallest absolute Gasteiger partial charge is 0.351 e. The Morgan fingerprint density at radius 1 is 1.16 bits per heavy atom. The average molecular weight is 540 g/mol. The van der Waals surface area contributed by atoms with Crippen LogP contribution in [0.5, 0.6) is 5.75 Å². The Morgan fingerprint density at radius 3 is 2.37 bits per heavy atom. The third-order valence-corrected chi connectivity index (χ3v) is 14.4. The highest BCUT2D eigenvalue weighted by molar-refractivity contribution is 6.74. The number of fused-ring (bicyclic) bond motifs is 2. The van der Waals surface area contributed by atoms with Gasteiger partial charge in [-0.25, -0.2) is 4.79 Å². The van der Waals surface area contributed by atoms with Gasteiger partial charge in [-0.3, -0.25) is 9.78 Å². The number of ether oxygens (including phenoxy) is 1. The van der Waals surface area contributed by atoms with Crippen LogP contribution >= 0.6 is 0 Å². The first-order chi connectivity index (χ1) is 17.6. The zero-order valence-electron chi connectivity index (χ0n) is 24.8. The Labute approximate surface area is 228 Å². The monoisotopic (exact) mass is 539 g/mol. The zero-order chi connectivity index (χ0) is 28.3. The molecule has 208 valence electrons. The fourth-order valence-electron chi connectivity index (χ4n) is 6.79. The van der Waals surface area contributed by atoms with E-state index in [0.29, 0.717) is 17.2 Å². The van der Waals surface area contributed by atoms with Crippen LogP contribution in [0.3, 0.4) is 0 Å². The van der Waals surface area contributed by atoms with Crippen LogP contribution in [0.1, 0.15) is 85.0 Å². The fourth-order valence-corrected chi connectivity index (χ4v) is 8.19. The van der Waals surface area contributed by atoms with Crippen molar-refractivity contribution in [1.82, 2.24) is 4.98 Å². The summed E-state index contributed by atoms with van der Waals surface area (Å²) in [6.07, 6.45) is 5.89. The van der Waals surface area contributed by atoms with Crippen molar-refractivity contribution in [3.05, 3.63) is 46.6 Å². The van der Waals surface area contributed by atoms with Gasteiger partial charge in [-0.15, -0.1) is 0 Å². The molecule has 2 aromatic heterocycles. The normalized spacial score (nSPS) is 27.0. The van der Waals surface area contributed by atoms with Crippen molar-refractivity contribution in [3.63, 3.8) is 0 Å². The molecule has 4 rings (SSSR count). The van der Waals surface area contributed by atoms with E-state index < -0.39 is 30.9 Å². The lowest BCUT2D eigenvalue weighted by molar-refractivity contribution is -0.163. The predicted molar refractivity (Wildman–Crippen MR) is 153 cm³/mol. The maximum absolute atomic E-state index is 14.4. The van der Waals surface area contributed by atoms with Crippen LogP contribution in [-0.4, -0.2) is 30.8 Å². The Bertz CT molecular complexity index is 1240. The minimum atomic E-state index is -2.21. The van der Waals surface area contributed by atoms with Crippen LogP contribution in [-0.2, 0) is 4.43 Å². The van der Waals surface area contributed by atoms with E-state index in [0.717, 1.165) is 19.3 Å². The molecule has 0 saturated heterocycles. The molecule has 2 aromatic rings. The Hall–Kier alpha value is -2.25. The van der Waals surface area contributed by atoms with Crippen molar-refractivity contribution in [3.8, 4) is 17.1 Å². The molecule has 6 nitrogen and oxygen atoms in total. The van der Waals surface area contributed by atoms with Crippen molar-refractivity contribution in [2.24, 2.45) is 23.2 Å².